The molecular weight excluding hydrogens is 271 g/mol. The Morgan fingerprint density at radius 2 is 2.00 bits per heavy atom. The number of nitrogens with one attached hydrogen (secondary N) is 1. The standard InChI is InChI=1S/C13H10ClFN2O2/c14-12-6-5-11(7-16-12)19-8-13(18)17-10-3-1-9(15)2-4-10/h1-7H,8H2,(H,17,18). The first-order chi connectivity index (χ1) is 9.13. The van der Waals surface area contributed by atoms with Crippen LogP contribution in [0.25, 0.3) is 0 Å². The highest BCUT2D eigenvalue weighted by Crippen LogP contribution is 2.12. The molecular formula is C13H10ClFN2O2. The predicted molar refractivity (Wildman–Crippen MR) is 69.8 cm³/mol. The van der Waals surface area contributed by atoms with Gasteiger partial charge in [-0.1, -0.05) is 11.6 Å². The zero-order chi connectivity index (χ0) is 13.7. The van der Waals surface area contributed by atoms with Crippen LogP contribution in [0.15, 0.2) is 42.6 Å². The molecule has 1 amide bonds. The van der Waals surface area contributed by atoms with Gasteiger partial charge < -0.3 is 10.1 Å². The molecule has 0 aliphatic rings. The summed E-state index contributed by atoms with van der Waals surface area (Å²) in [4.78, 5) is 15.4. The number of hydrogen-bond acceptors (Lipinski definition) is 3. The fourth-order valence-electron chi connectivity index (χ4n) is 1.33. The van der Waals surface area contributed by atoms with Gasteiger partial charge in [-0.15, -0.1) is 0 Å². The average Bonchev–Trinajstić information content (AvgIpc) is 2.41. The maximum atomic E-state index is 12.7. The Kier molecular flexibility index (Phi) is 4.30. The number of carbonyl (C=O) groups is 1. The van der Waals surface area contributed by atoms with Crippen LogP contribution in [0, 0.1) is 5.82 Å². The Bertz CT molecular complexity index is 558. The van der Waals surface area contributed by atoms with Crippen molar-refractivity contribution in [1.82, 2.24) is 4.98 Å². The van der Waals surface area contributed by atoms with Crippen LogP contribution < -0.4 is 10.1 Å². The van der Waals surface area contributed by atoms with Gasteiger partial charge in [-0.05, 0) is 36.4 Å². The number of halogens is 2. The molecule has 0 saturated heterocycles. The number of anilines is 1. The highest BCUT2D eigenvalue weighted by atomic mass is 35.5. The molecule has 2 aromatic rings. The first-order valence-electron chi connectivity index (χ1n) is 5.43. The molecule has 0 spiro atoms. The maximum Gasteiger partial charge on any atom is 0.262 e. The van der Waals surface area contributed by atoms with Crippen molar-refractivity contribution in [2.24, 2.45) is 0 Å². The molecule has 1 aromatic carbocycles. The van der Waals surface area contributed by atoms with Crippen LogP contribution in [0.3, 0.4) is 0 Å². The minimum Gasteiger partial charge on any atom is -0.482 e. The second kappa shape index (κ2) is 6.15. The van der Waals surface area contributed by atoms with Gasteiger partial charge in [0, 0.05) is 5.69 Å². The first-order valence-corrected chi connectivity index (χ1v) is 5.81. The van der Waals surface area contributed by atoms with Crippen molar-refractivity contribution in [2.75, 3.05) is 11.9 Å². The molecule has 0 unspecified atom stereocenters. The van der Waals surface area contributed by atoms with E-state index in [0.29, 0.717) is 16.6 Å². The van der Waals surface area contributed by atoms with Crippen LogP contribution in [0.5, 0.6) is 5.75 Å². The molecule has 0 saturated carbocycles. The van der Waals surface area contributed by atoms with Gasteiger partial charge in [0.05, 0.1) is 6.20 Å². The minimum atomic E-state index is -0.360. The quantitative estimate of drug-likeness (QED) is 0.876. The van der Waals surface area contributed by atoms with Gasteiger partial charge in [0.25, 0.3) is 5.91 Å². The summed E-state index contributed by atoms with van der Waals surface area (Å²) in [6, 6.07) is 8.64. The molecule has 6 heteroatoms. The Hall–Kier alpha value is -2.14. The van der Waals surface area contributed by atoms with Crippen molar-refractivity contribution < 1.29 is 13.9 Å². The summed E-state index contributed by atoms with van der Waals surface area (Å²) in [5.41, 5.74) is 0.504. The summed E-state index contributed by atoms with van der Waals surface area (Å²) < 4.78 is 17.9. The number of ether oxygens (including phenoxy) is 1. The molecule has 0 atom stereocenters. The van der Waals surface area contributed by atoms with Crippen molar-refractivity contribution in [2.45, 2.75) is 0 Å². The Labute approximate surface area is 114 Å². The van der Waals surface area contributed by atoms with Gasteiger partial charge in [0.15, 0.2) is 6.61 Å². The zero-order valence-electron chi connectivity index (χ0n) is 9.77. The third kappa shape index (κ3) is 4.22. The summed E-state index contributed by atoms with van der Waals surface area (Å²) >= 11 is 5.62. The largest absolute Gasteiger partial charge is 0.482 e. The second-order valence-corrected chi connectivity index (χ2v) is 4.05. The number of aromatic nitrogens is 1. The van der Waals surface area contributed by atoms with Crippen LogP contribution in [-0.2, 0) is 4.79 Å². The number of benzene rings is 1. The van der Waals surface area contributed by atoms with Gasteiger partial charge in [-0.25, -0.2) is 9.37 Å². The third-order valence-electron chi connectivity index (χ3n) is 2.20. The van der Waals surface area contributed by atoms with Crippen molar-refractivity contribution in [3.05, 3.63) is 53.6 Å². The van der Waals surface area contributed by atoms with Crippen LogP contribution in [0.4, 0.5) is 10.1 Å². The van der Waals surface area contributed by atoms with Crippen LogP contribution in [0.1, 0.15) is 0 Å². The third-order valence-corrected chi connectivity index (χ3v) is 2.42. The first kappa shape index (κ1) is 13.3. The highest BCUT2D eigenvalue weighted by molar-refractivity contribution is 6.29. The van der Waals surface area contributed by atoms with Gasteiger partial charge >= 0.3 is 0 Å². The van der Waals surface area contributed by atoms with Gasteiger partial charge in [0.1, 0.15) is 16.7 Å². The van der Waals surface area contributed by atoms with E-state index in [1.165, 1.54) is 30.5 Å². The fraction of sp³-hybridized carbons (Fsp3) is 0.0769. The molecule has 4 nitrogen and oxygen atoms in total. The van der Waals surface area contributed by atoms with E-state index in [1.807, 2.05) is 0 Å². The Morgan fingerprint density at radius 3 is 2.63 bits per heavy atom. The molecule has 2 rings (SSSR count). The summed E-state index contributed by atoms with van der Waals surface area (Å²) in [7, 11) is 0. The fourth-order valence-corrected chi connectivity index (χ4v) is 1.44. The summed E-state index contributed by atoms with van der Waals surface area (Å²) in [5.74, 6) is -0.262. The van der Waals surface area contributed by atoms with Crippen molar-refractivity contribution in [3.63, 3.8) is 0 Å². The summed E-state index contributed by atoms with van der Waals surface area (Å²) in [5, 5.41) is 2.92. The molecule has 0 fully saturated rings. The van der Waals surface area contributed by atoms with E-state index in [2.05, 4.69) is 10.3 Å². The van der Waals surface area contributed by atoms with E-state index < -0.39 is 0 Å². The number of hydrogen-bond donors (Lipinski definition) is 1. The normalized spacial score (nSPS) is 10.0. The Balaban J connectivity index is 1.84. The van der Waals surface area contributed by atoms with E-state index in [4.69, 9.17) is 16.3 Å². The average molecular weight is 281 g/mol. The molecule has 1 heterocycles. The lowest BCUT2D eigenvalue weighted by Gasteiger charge is -2.07. The van der Waals surface area contributed by atoms with E-state index in [0.717, 1.165) is 0 Å². The van der Waals surface area contributed by atoms with E-state index in [9.17, 15) is 9.18 Å². The lowest BCUT2D eigenvalue weighted by molar-refractivity contribution is -0.118. The molecule has 0 radical (unpaired) electrons. The predicted octanol–water partition coefficient (Wildman–Crippen LogP) is 2.89. The highest BCUT2D eigenvalue weighted by Gasteiger charge is 2.04. The number of amides is 1. The smallest absolute Gasteiger partial charge is 0.262 e. The van der Waals surface area contributed by atoms with E-state index >= 15 is 0 Å². The topological polar surface area (TPSA) is 51.2 Å². The summed E-state index contributed by atoms with van der Waals surface area (Å²) in [6.45, 7) is -0.166. The Morgan fingerprint density at radius 1 is 1.26 bits per heavy atom. The molecule has 0 aliphatic heterocycles. The van der Waals surface area contributed by atoms with Crippen molar-refractivity contribution in [3.8, 4) is 5.75 Å². The van der Waals surface area contributed by atoms with Gasteiger partial charge in [-0.3, -0.25) is 4.79 Å². The van der Waals surface area contributed by atoms with Crippen LogP contribution >= 0.6 is 11.6 Å². The van der Waals surface area contributed by atoms with E-state index in [1.54, 1.807) is 12.1 Å². The van der Waals surface area contributed by atoms with Gasteiger partial charge in [-0.2, -0.15) is 0 Å². The van der Waals surface area contributed by atoms with Crippen molar-refractivity contribution >= 4 is 23.2 Å². The maximum absolute atomic E-state index is 12.7. The van der Waals surface area contributed by atoms with Gasteiger partial charge in [0.2, 0.25) is 0 Å². The van der Waals surface area contributed by atoms with Crippen molar-refractivity contribution in [1.29, 1.82) is 0 Å². The van der Waals surface area contributed by atoms with Crippen LogP contribution in [-0.4, -0.2) is 17.5 Å². The zero-order valence-corrected chi connectivity index (χ0v) is 10.5. The molecule has 19 heavy (non-hydrogen) atoms. The number of nitrogens with zero attached hydrogens (tertiary/aromatic N) is 1. The summed E-state index contributed by atoms with van der Waals surface area (Å²) in [6.07, 6.45) is 1.42. The molecule has 98 valence electrons. The number of carbonyl (C=O) groups excluding carboxylic acids is 1. The monoisotopic (exact) mass is 280 g/mol. The second-order valence-electron chi connectivity index (χ2n) is 3.66. The molecule has 0 bridgehead atoms. The lowest BCUT2D eigenvalue weighted by Crippen LogP contribution is -2.20. The van der Waals surface area contributed by atoms with Crippen LogP contribution in [0.2, 0.25) is 5.15 Å². The molecule has 1 N–H and O–H groups in total. The molecule has 1 aromatic heterocycles. The number of pyridine rings is 1. The lowest BCUT2D eigenvalue weighted by atomic mass is 10.3. The molecule has 0 aliphatic carbocycles. The number of rotatable bonds is 4. The SMILES string of the molecule is O=C(COc1ccc(Cl)nc1)Nc1ccc(F)cc1. The van der Waals surface area contributed by atoms with E-state index in [-0.39, 0.29) is 18.3 Å². The minimum absolute atomic E-state index is 0.166.